The Balaban J connectivity index is 1.67. The summed E-state index contributed by atoms with van der Waals surface area (Å²) >= 11 is 0. The van der Waals surface area contributed by atoms with Gasteiger partial charge in [-0.3, -0.25) is 9.78 Å². The Morgan fingerprint density at radius 1 is 1.38 bits per heavy atom. The van der Waals surface area contributed by atoms with Crippen LogP contribution in [-0.2, 0) is 6.54 Å². The molecule has 5 heteroatoms. The van der Waals surface area contributed by atoms with E-state index in [1.165, 1.54) is 6.42 Å². The molecule has 0 aromatic carbocycles. The number of nitrogens with zero attached hydrogens (tertiary/aromatic N) is 2. The Kier molecular flexibility index (Phi) is 5.00. The monoisotopic (exact) mass is 327 g/mol. The van der Waals surface area contributed by atoms with Gasteiger partial charge in [0, 0.05) is 36.9 Å². The molecule has 1 saturated carbocycles. The topological polar surface area (TPSA) is 67.2 Å². The lowest BCUT2D eigenvalue weighted by Crippen LogP contribution is -2.38. The second-order valence-corrected chi connectivity index (χ2v) is 6.69. The SMILES string of the molecule is Cc1cc(C(=O)NCC(O)C2CCC2)c(C)n1Cc1ccncc1. The summed E-state index contributed by atoms with van der Waals surface area (Å²) in [6.45, 7) is 5.02. The van der Waals surface area contributed by atoms with Gasteiger partial charge in [-0.2, -0.15) is 0 Å². The van der Waals surface area contributed by atoms with Gasteiger partial charge in [-0.15, -0.1) is 0 Å². The molecule has 0 spiro atoms. The first-order valence-corrected chi connectivity index (χ1v) is 8.58. The Morgan fingerprint density at radius 2 is 2.08 bits per heavy atom. The number of rotatable bonds is 6. The minimum Gasteiger partial charge on any atom is -0.391 e. The first-order chi connectivity index (χ1) is 11.6. The molecule has 2 aromatic heterocycles. The van der Waals surface area contributed by atoms with E-state index >= 15 is 0 Å². The molecule has 1 unspecified atom stereocenters. The normalized spacial score (nSPS) is 15.8. The molecule has 0 aliphatic heterocycles. The summed E-state index contributed by atoms with van der Waals surface area (Å²) < 4.78 is 2.13. The van der Waals surface area contributed by atoms with E-state index in [-0.39, 0.29) is 5.91 Å². The average molecular weight is 327 g/mol. The fourth-order valence-corrected chi connectivity index (χ4v) is 3.23. The van der Waals surface area contributed by atoms with Gasteiger partial charge in [0.2, 0.25) is 0 Å². The van der Waals surface area contributed by atoms with Gasteiger partial charge in [0.1, 0.15) is 0 Å². The lowest BCUT2D eigenvalue weighted by atomic mass is 9.81. The summed E-state index contributed by atoms with van der Waals surface area (Å²) in [4.78, 5) is 16.5. The number of hydrogen-bond acceptors (Lipinski definition) is 3. The van der Waals surface area contributed by atoms with E-state index < -0.39 is 6.10 Å². The van der Waals surface area contributed by atoms with Gasteiger partial charge in [-0.1, -0.05) is 6.42 Å². The van der Waals surface area contributed by atoms with Gasteiger partial charge in [-0.25, -0.2) is 0 Å². The third-order valence-corrected chi connectivity index (χ3v) is 5.07. The van der Waals surface area contributed by atoms with E-state index in [0.717, 1.165) is 36.3 Å². The summed E-state index contributed by atoms with van der Waals surface area (Å²) in [6.07, 6.45) is 6.45. The van der Waals surface area contributed by atoms with E-state index in [1.54, 1.807) is 12.4 Å². The molecule has 0 bridgehead atoms. The van der Waals surface area contributed by atoms with E-state index in [2.05, 4.69) is 14.9 Å². The van der Waals surface area contributed by atoms with Crippen LogP contribution < -0.4 is 5.32 Å². The lowest BCUT2D eigenvalue weighted by Gasteiger charge is -2.30. The molecule has 1 atom stereocenters. The molecule has 2 aromatic rings. The van der Waals surface area contributed by atoms with Crippen LogP contribution in [0.5, 0.6) is 0 Å². The van der Waals surface area contributed by atoms with Crippen LogP contribution >= 0.6 is 0 Å². The molecule has 3 rings (SSSR count). The largest absolute Gasteiger partial charge is 0.391 e. The fraction of sp³-hybridized carbons (Fsp3) is 0.474. The van der Waals surface area contributed by atoms with Crippen molar-refractivity contribution in [1.29, 1.82) is 0 Å². The number of aromatic nitrogens is 2. The van der Waals surface area contributed by atoms with Crippen molar-refractivity contribution < 1.29 is 9.90 Å². The number of pyridine rings is 1. The van der Waals surface area contributed by atoms with Crippen LogP contribution in [0.4, 0.5) is 0 Å². The van der Waals surface area contributed by atoms with Crippen molar-refractivity contribution >= 4 is 5.91 Å². The van der Waals surface area contributed by atoms with E-state index in [1.807, 2.05) is 32.0 Å². The molecule has 128 valence electrons. The zero-order chi connectivity index (χ0) is 17.1. The highest BCUT2D eigenvalue weighted by atomic mass is 16.3. The molecule has 0 radical (unpaired) electrons. The van der Waals surface area contributed by atoms with Crippen molar-refractivity contribution in [1.82, 2.24) is 14.9 Å². The number of aryl methyl sites for hydroxylation is 1. The van der Waals surface area contributed by atoms with Crippen molar-refractivity contribution in [2.24, 2.45) is 5.92 Å². The van der Waals surface area contributed by atoms with Crippen molar-refractivity contribution in [3.8, 4) is 0 Å². The van der Waals surface area contributed by atoms with Crippen LogP contribution in [-0.4, -0.2) is 33.2 Å². The third kappa shape index (κ3) is 3.51. The van der Waals surface area contributed by atoms with Gasteiger partial charge < -0.3 is 15.0 Å². The summed E-state index contributed by atoms with van der Waals surface area (Å²) in [5.74, 6) is 0.242. The smallest absolute Gasteiger partial charge is 0.253 e. The highest BCUT2D eigenvalue weighted by molar-refractivity contribution is 5.95. The van der Waals surface area contributed by atoms with Crippen molar-refractivity contribution in [3.05, 3.63) is 53.1 Å². The standard InChI is InChI=1S/C19H25N3O2/c1-13-10-17(19(24)21-11-18(23)16-4-3-5-16)14(2)22(13)12-15-6-8-20-9-7-15/h6-10,16,18,23H,3-5,11-12H2,1-2H3,(H,21,24). The summed E-state index contributed by atoms with van der Waals surface area (Å²) in [5.41, 5.74) is 3.83. The van der Waals surface area contributed by atoms with Gasteiger partial charge in [0.05, 0.1) is 11.7 Å². The second kappa shape index (κ2) is 7.18. The predicted molar refractivity (Wildman–Crippen MR) is 92.9 cm³/mol. The van der Waals surface area contributed by atoms with Crippen LogP contribution in [0.3, 0.4) is 0 Å². The number of carbonyl (C=O) groups is 1. The van der Waals surface area contributed by atoms with Gasteiger partial charge in [-0.05, 0) is 56.4 Å². The number of aliphatic hydroxyl groups is 1. The van der Waals surface area contributed by atoms with Crippen LogP contribution in [0.25, 0.3) is 0 Å². The quantitative estimate of drug-likeness (QED) is 0.856. The molecule has 1 fully saturated rings. The highest BCUT2D eigenvalue weighted by Crippen LogP contribution is 2.29. The second-order valence-electron chi connectivity index (χ2n) is 6.69. The molecule has 1 aliphatic carbocycles. The summed E-state index contributed by atoms with van der Waals surface area (Å²) in [6, 6.07) is 5.88. The molecule has 2 heterocycles. The molecule has 5 nitrogen and oxygen atoms in total. The van der Waals surface area contributed by atoms with E-state index in [9.17, 15) is 9.90 Å². The Bertz CT molecular complexity index is 705. The Morgan fingerprint density at radius 3 is 2.71 bits per heavy atom. The molecule has 24 heavy (non-hydrogen) atoms. The average Bonchev–Trinajstić information content (AvgIpc) is 2.80. The van der Waals surface area contributed by atoms with Crippen molar-refractivity contribution in [2.75, 3.05) is 6.54 Å². The van der Waals surface area contributed by atoms with Crippen LogP contribution in [0.1, 0.15) is 46.6 Å². The highest BCUT2D eigenvalue weighted by Gasteiger charge is 2.26. The number of hydrogen-bond donors (Lipinski definition) is 2. The first kappa shape index (κ1) is 16.7. The molecular weight excluding hydrogens is 302 g/mol. The van der Waals surface area contributed by atoms with E-state index in [0.29, 0.717) is 18.0 Å². The fourth-order valence-electron chi connectivity index (χ4n) is 3.23. The molecule has 1 amide bonds. The number of carbonyl (C=O) groups excluding carboxylic acids is 1. The van der Waals surface area contributed by atoms with E-state index in [4.69, 9.17) is 0 Å². The maximum absolute atomic E-state index is 12.5. The Hall–Kier alpha value is -2.14. The summed E-state index contributed by atoms with van der Waals surface area (Å²) in [5, 5.41) is 12.9. The minimum absolute atomic E-state index is 0.109. The maximum atomic E-state index is 12.5. The molecular formula is C19H25N3O2. The number of nitrogens with one attached hydrogen (secondary N) is 1. The lowest BCUT2D eigenvalue weighted by molar-refractivity contribution is 0.0583. The molecule has 0 saturated heterocycles. The van der Waals surface area contributed by atoms with Gasteiger partial charge in [0.15, 0.2) is 0 Å². The van der Waals surface area contributed by atoms with Gasteiger partial charge >= 0.3 is 0 Å². The molecule has 1 aliphatic rings. The predicted octanol–water partition coefficient (Wildman–Crippen LogP) is 2.44. The first-order valence-electron chi connectivity index (χ1n) is 8.58. The van der Waals surface area contributed by atoms with Crippen molar-refractivity contribution in [3.63, 3.8) is 0 Å². The zero-order valence-corrected chi connectivity index (χ0v) is 14.3. The zero-order valence-electron chi connectivity index (χ0n) is 14.3. The number of aliphatic hydroxyl groups excluding tert-OH is 1. The van der Waals surface area contributed by atoms with Gasteiger partial charge in [0.25, 0.3) is 5.91 Å². The van der Waals surface area contributed by atoms with Crippen LogP contribution in [0, 0.1) is 19.8 Å². The third-order valence-electron chi connectivity index (χ3n) is 5.07. The maximum Gasteiger partial charge on any atom is 0.253 e. The molecule has 2 N–H and O–H groups in total. The number of amides is 1. The Labute approximate surface area is 142 Å². The summed E-state index contributed by atoms with van der Waals surface area (Å²) in [7, 11) is 0. The van der Waals surface area contributed by atoms with Crippen LogP contribution in [0.2, 0.25) is 0 Å². The van der Waals surface area contributed by atoms with Crippen LogP contribution in [0.15, 0.2) is 30.6 Å². The van der Waals surface area contributed by atoms with Crippen molar-refractivity contribution in [2.45, 2.75) is 45.8 Å². The minimum atomic E-state index is -0.428.